The maximum atomic E-state index is 14.2. The summed E-state index contributed by atoms with van der Waals surface area (Å²) in [7, 11) is 5.89. The lowest BCUT2D eigenvalue weighted by atomic mass is 9.94. The number of ether oxygens (including phenoxy) is 4. The number of nitrogens with one attached hydrogen (secondary N) is 3. The van der Waals surface area contributed by atoms with Crippen LogP contribution in [0.3, 0.4) is 0 Å². The monoisotopic (exact) mass is 1490 g/mol. The third kappa shape index (κ3) is 18.2. The van der Waals surface area contributed by atoms with E-state index in [1.165, 1.54) is 32.2 Å². The number of H-pyrrole nitrogens is 2. The van der Waals surface area contributed by atoms with Crippen molar-refractivity contribution in [3.05, 3.63) is 139 Å². The van der Waals surface area contributed by atoms with Crippen molar-refractivity contribution < 1.29 is 59.7 Å². The molecule has 33 heteroatoms. The summed E-state index contributed by atoms with van der Waals surface area (Å²) < 4.78 is 107. The van der Waals surface area contributed by atoms with Crippen molar-refractivity contribution in [2.45, 2.75) is 169 Å². The number of carbonyl (C=O) groups excluding carboxylic acids is 3. The number of imidazole rings is 2. The Labute approximate surface area is 608 Å². The van der Waals surface area contributed by atoms with Gasteiger partial charge in [0, 0.05) is 38.2 Å². The second kappa shape index (κ2) is 35.3. The van der Waals surface area contributed by atoms with Gasteiger partial charge in [-0.05, 0) is 186 Å². The summed E-state index contributed by atoms with van der Waals surface area (Å²) in [6.07, 6.45) is -0.718. The van der Waals surface area contributed by atoms with E-state index in [1.54, 1.807) is 52.2 Å². The van der Waals surface area contributed by atoms with Crippen molar-refractivity contribution in [2.75, 3.05) is 42.5 Å². The average Bonchev–Trinajstić information content (AvgIpc) is 1.56. The molecule has 0 atom stereocenters. The van der Waals surface area contributed by atoms with Crippen molar-refractivity contribution in [3.8, 4) is 46.4 Å². The zero-order valence-electron chi connectivity index (χ0n) is 59.0. The Morgan fingerprint density at radius 1 is 0.721 bits per heavy atom. The van der Waals surface area contributed by atoms with Gasteiger partial charge in [-0.25, -0.2) is 23.8 Å². The molecule has 24 nitrogen and oxygen atoms in total. The quantitative estimate of drug-likeness (QED) is 0.0251. The molecule has 0 bridgehead atoms. The van der Waals surface area contributed by atoms with Crippen LogP contribution in [0.2, 0.25) is 0 Å². The van der Waals surface area contributed by atoms with E-state index in [0.29, 0.717) is 114 Å². The van der Waals surface area contributed by atoms with Crippen LogP contribution in [0.1, 0.15) is 158 Å². The Balaban J connectivity index is 0.000000225. The standard InChI is InChI=1S/C32H30F3N7O3S.C24H31N5O4.C9H3F3N2S.C5H10O2.CH4NP/c1-4-8-25-37-18(3)26-28(43)38-27(39-42(25)26)22-15-21(11-12-24(22)45-5-2)41-30(46)40(29(44)31(41)13-6-7-14-31)20-10-9-19(17-36)23(16-20)32(33,34)35;1-5-9-19-25-15(3)20-22(30)26-21(28-29(19)20)17-14-16(10-11-18(17)33-6-2)27-24(23(31)32-4)12-7-8-13-24;10-9(11,12)8-3-7(14-5-15)2-1-6(8)4-13;1-4(2)7-5(3)6;1-2-3/h9-12,15-16H,4-8,13-14H2,1-3H3,(H,38,39,43);10-11,14,27H,5-9,12-13H2,1-4H3,(H,26,28,30);1-3H;4H,1-3H3;3H,1H3. The Bertz CT molecular complexity index is 4770. The minimum atomic E-state index is -4.81. The summed E-state index contributed by atoms with van der Waals surface area (Å²) in [4.78, 5) is 84.1. The van der Waals surface area contributed by atoms with Crippen LogP contribution < -0.4 is 35.7 Å². The zero-order chi connectivity index (χ0) is 76.6. The average molecular weight is 1490 g/mol. The van der Waals surface area contributed by atoms with Gasteiger partial charge in [0.25, 0.3) is 17.0 Å². The van der Waals surface area contributed by atoms with E-state index < -0.39 is 51.6 Å². The van der Waals surface area contributed by atoms with E-state index in [9.17, 15) is 55.6 Å². The number of carbonyl (C=O) groups is 3. The van der Waals surface area contributed by atoms with Gasteiger partial charge in [0.15, 0.2) is 27.8 Å². The summed E-state index contributed by atoms with van der Waals surface area (Å²) in [5.41, 5.74) is -1.42. The predicted octanol–water partition coefficient (Wildman–Crippen LogP) is 14.9. The largest absolute Gasteiger partial charge is 0.493 e. The first-order valence-electron chi connectivity index (χ1n) is 33.2. The first-order valence-corrected chi connectivity index (χ1v) is 34.5. The van der Waals surface area contributed by atoms with Crippen LogP contribution in [-0.2, 0) is 49.1 Å². The van der Waals surface area contributed by atoms with Crippen molar-refractivity contribution in [1.82, 2.24) is 39.2 Å². The lowest BCUT2D eigenvalue weighted by Gasteiger charge is -2.33. The highest BCUT2D eigenvalue weighted by atomic mass is 32.1. The third-order valence-electron chi connectivity index (χ3n) is 16.7. The van der Waals surface area contributed by atoms with Crippen LogP contribution >= 0.6 is 33.5 Å². The van der Waals surface area contributed by atoms with Crippen LogP contribution in [0.25, 0.3) is 33.8 Å². The number of aryl methyl sites for hydroxylation is 4. The summed E-state index contributed by atoms with van der Waals surface area (Å²) in [5, 5.41) is 32.6. The highest BCUT2D eigenvalue weighted by Gasteiger charge is 2.58. The van der Waals surface area contributed by atoms with Crippen molar-refractivity contribution in [1.29, 1.82) is 10.5 Å². The van der Waals surface area contributed by atoms with Gasteiger partial charge in [0.2, 0.25) is 0 Å². The molecule has 1 saturated heterocycles. The number of isothiocyanates is 1. The molecule has 3 aliphatic rings. The number of aliphatic imine (C=N–C) groups is 1. The predicted molar refractivity (Wildman–Crippen MR) is 389 cm³/mol. The van der Waals surface area contributed by atoms with Gasteiger partial charge in [-0.15, -0.1) is 10.2 Å². The van der Waals surface area contributed by atoms with E-state index in [4.69, 9.17) is 41.9 Å². The molecule has 8 aromatic rings. The summed E-state index contributed by atoms with van der Waals surface area (Å²) in [6, 6.07) is 20.0. The van der Waals surface area contributed by atoms with Crippen molar-refractivity contribution in [3.63, 3.8) is 0 Å². The molecule has 0 radical (unpaired) electrons. The molecule has 5 heterocycles. The Morgan fingerprint density at radius 2 is 1.19 bits per heavy atom. The Kier molecular flexibility index (Phi) is 27.5. The topological polar surface area (TPSA) is 305 Å². The molecule has 4 aromatic carbocycles. The second-order valence-corrected chi connectivity index (χ2v) is 25.3. The Morgan fingerprint density at radius 3 is 1.63 bits per heavy atom. The first kappa shape index (κ1) is 81.0. The number of benzene rings is 4. The van der Waals surface area contributed by atoms with Crippen LogP contribution in [0.5, 0.6) is 11.5 Å². The number of anilines is 3. The molecule has 104 heavy (non-hydrogen) atoms. The fraction of sp³-hybridized carbons (Fsp3) is 0.423. The lowest BCUT2D eigenvalue weighted by Crippen LogP contribution is -2.47. The number of thiocarbonyl (C=S) groups is 2. The number of alkyl halides is 6. The second-order valence-electron chi connectivity index (χ2n) is 24.3. The maximum absolute atomic E-state index is 14.2. The normalized spacial score (nSPS) is 14.2. The van der Waals surface area contributed by atoms with Gasteiger partial charge in [-0.1, -0.05) is 39.5 Å². The Hall–Kier alpha value is -10.3. The minimum absolute atomic E-state index is 0.00668. The number of hydrogen-bond donors (Lipinski definition) is 3. The van der Waals surface area contributed by atoms with E-state index in [-0.39, 0.29) is 51.5 Å². The molecule has 1 amide bonds. The van der Waals surface area contributed by atoms with Crippen LogP contribution in [0.15, 0.2) is 92.1 Å². The number of methoxy groups -OCH3 is 1. The summed E-state index contributed by atoms with van der Waals surface area (Å²) in [5.74, 6) is 2.10. The van der Waals surface area contributed by atoms with Gasteiger partial charge in [-0.3, -0.25) is 28.8 Å². The number of nitrogens with zero attached hydrogens (tertiary/aromatic N) is 12. The number of halogens is 6. The molecule has 11 rings (SSSR count). The molecule has 1 aliphatic heterocycles. The fourth-order valence-corrected chi connectivity index (χ4v) is 13.1. The SMILES string of the molecule is CC(=O)OC(C)C.CCCc1nc(C)c2c(=O)[nH]c(-c3cc(N4C(=S)N(c5ccc(C#N)c(C(F)(F)F)c5)C(=O)C45CCCC5)ccc3OCC)nn12.CCCc1nc(C)c2c(=O)[nH]c(-c3cc(NC4(C(=O)OC)CCCC4)ccc3OCC)nn12.CN=P.N#Cc1ccc(N=C=S)cc1C(F)(F)F. The van der Waals surface area contributed by atoms with Crippen LogP contribution in [-0.4, -0.2) is 112 Å². The molecule has 2 aliphatic carbocycles. The molecule has 3 N–H and O–H groups in total. The van der Waals surface area contributed by atoms with Gasteiger partial charge in [-0.2, -0.15) is 41.9 Å². The third-order valence-corrected chi connectivity index (χ3v) is 17.2. The van der Waals surface area contributed by atoms with E-state index >= 15 is 0 Å². The minimum Gasteiger partial charge on any atom is -0.493 e. The maximum Gasteiger partial charge on any atom is 0.417 e. The molecule has 1 spiro atoms. The molecule has 4 aromatic heterocycles. The zero-order valence-corrected chi connectivity index (χ0v) is 61.7. The molecule has 2 saturated carbocycles. The summed E-state index contributed by atoms with van der Waals surface area (Å²) in [6.45, 7) is 17.2. The number of nitriles is 2. The molecular formula is C71H78F6N15O9PS2. The number of rotatable bonds is 17. The van der Waals surface area contributed by atoms with E-state index in [0.717, 1.165) is 79.2 Å². The highest BCUT2D eigenvalue weighted by Crippen LogP contribution is 2.48. The number of amides is 1. The molecular weight excluding hydrogens is 1420 g/mol. The number of aromatic amines is 2. The molecule has 550 valence electrons. The smallest absolute Gasteiger partial charge is 0.417 e. The van der Waals surface area contributed by atoms with Gasteiger partial charge in [0.05, 0.1) is 99.9 Å². The van der Waals surface area contributed by atoms with E-state index in [2.05, 4.69) is 67.9 Å². The first-order chi connectivity index (χ1) is 49.4. The van der Waals surface area contributed by atoms with Gasteiger partial charge >= 0.3 is 24.3 Å². The van der Waals surface area contributed by atoms with Crippen LogP contribution in [0.4, 0.5) is 49.1 Å². The number of esters is 2. The van der Waals surface area contributed by atoms with Crippen LogP contribution in [0, 0.1) is 36.5 Å². The van der Waals surface area contributed by atoms with Crippen molar-refractivity contribution >= 4 is 95.4 Å². The summed E-state index contributed by atoms with van der Waals surface area (Å²) >= 11 is 10.1. The fourth-order valence-electron chi connectivity index (χ4n) is 12.5. The van der Waals surface area contributed by atoms with Gasteiger partial charge < -0.3 is 39.1 Å². The molecule has 0 unspecified atom stereocenters. The number of aromatic nitrogens is 8. The van der Waals surface area contributed by atoms with Crippen molar-refractivity contribution in [2.24, 2.45) is 9.74 Å². The number of fused-ring (bicyclic) bond motifs is 2. The van der Waals surface area contributed by atoms with E-state index in [1.807, 2.05) is 64.9 Å². The van der Waals surface area contributed by atoms with Gasteiger partial charge in [0.1, 0.15) is 34.2 Å². The lowest BCUT2D eigenvalue weighted by molar-refractivity contribution is -0.146. The highest BCUT2D eigenvalue weighted by molar-refractivity contribution is 7.81. The number of hydrogen-bond acceptors (Lipinski definition) is 20. The molecule has 3 fully saturated rings.